The van der Waals surface area contributed by atoms with Gasteiger partial charge in [0.05, 0.1) is 9.95 Å². The monoisotopic (exact) mass is 402 g/mol. The number of nitro benzene ring substituents is 1. The molecule has 2 aromatic carbocycles. The Hall–Kier alpha value is -3.24. The van der Waals surface area contributed by atoms with Gasteiger partial charge in [-0.25, -0.2) is 0 Å². The summed E-state index contributed by atoms with van der Waals surface area (Å²) in [6.45, 7) is 0. The molecule has 1 aliphatic rings. The topological polar surface area (TPSA) is 127 Å². The van der Waals surface area contributed by atoms with Gasteiger partial charge in [-0.15, -0.1) is 0 Å². The molecule has 0 aromatic heterocycles. The molecule has 0 saturated carbocycles. The summed E-state index contributed by atoms with van der Waals surface area (Å²) in [7, 11) is 0. The third-order valence-electron chi connectivity index (χ3n) is 3.63. The Morgan fingerprint density at radius 3 is 2.52 bits per heavy atom. The van der Waals surface area contributed by atoms with Crippen molar-refractivity contribution >= 4 is 51.9 Å². The number of nitrogens with zero attached hydrogens (tertiary/aromatic N) is 5. The van der Waals surface area contributed by atoms with E-state index in [-0.39, 0.29) is 16.5 Å². The van der Waals surface area contributed by atoms with Gasteiger partial charge < -0.3 is 5.73 Å². The summed E-state index contributed by atoms with van der Waals surface area (Å²) < 4.78 is 0. The second-order valence-electron chi connectivity index (χ2n) is 5.35. The molecule has 2 aromatic rings. The van der Waals surface area contributed by atoms with E-state index in [0.29, 0.717) is 16.3 Å². The standard InChI is InChI=1S/C16H11ClN6O3S/c17-11-3-1-2-4-12(11)19-20-14-13(21-22(15(14)24)16(18)27)9-5-7-10(8-6-9)23(25)26/h1-8,14H,(H2,18,27)/t14-/m1/s1. The summed E-state index contributed by atoms with van der Waals surface area (Å²) in [5, 5.41) is 24.0. The molecule has 0 bridgehead atoms. The van der Waals surface area contributed by atoms with Gasteiger partial charge in [-0.2, -0.15) is 20.3 Å². The maximum absolute atomic E-state index is 12.6. The normalized spacial score (nSPS) is 16.6. The van der Waals surface area contributed by atoms with E-state index in [4.69, 9.17) is 29.6 Å². The largest absolute Gasteiger partial charge is 0.374 e. The molecule has 3 rings (SSSR count). The first-order valence-corrected chi connectivity index (χ1v) is 8.29. The smallest absolute Gasteiger partial charge is 0.282 e. The Kier molecular flexibility index (Phi) is 5.19. The van der Waals surface area contributed by atoms with E-state index in [1.807, 2.05) is 0 Å². The number of nitro groups is 1. The second-order valence-corrected chi connectivity index (χ2v) is 6.17. The molecule has 0 spiro atoms. The number of azo groups is 1. The van der Waals surface area contributed by atoms with E-state index in [9.17, 15) is 14.9 Å². The van der Waals surface area contributed by atoms with E-state index in [0.717, 1.165) is 5.01 Å². The zero-order valence-corrected chi connectivity index (χ0v) is 15.1. The third kappa shape index (κ3) is 3.81. The Morgan fingerprint density at radius 2 is 1.93 bits per heavy atom. The Morgan fingerprint density at radius 1 is 1.26 bits per heavy atom. The highest BCUT2D eigenvalue weighted by Crippen LogP contribution is 2.26. The molecule has 0 radical (unpaired) electrons. The molecule has 1 heterocycles. The fraction of sp³-hybridized carbons (Fsp3) is 0.0625. The third-order valence-corrected chi connectivity index (χ3v) is 4.12. The first kappa shape index (κ1) is 18.5. The highest BCUT2D eigenvalue weighted by atomic mass is 35.5. The lowest BCUT2D eigenvalue weighted by molar-refractivity contribution is -0.384. The SMILES string of the molecule is NC(=S)N1N=C(c2ccc([N+](=O)[O-])cc2)[C@@H](N=Nc2ccccc2Cl)C1=O. The molecule has 1 atom stereocenters. The lowest BCUT2D eigenvalue weighted by Gasteiger charge is -2.08. The molecular formula is C16H11ClN6O3S. The second kappa shape index (κ2) is 7.56. The fourth-order valence-corrected chi connectivity index (χ4v) is 2.63. The zero-order valence-electron chi connectivity index (χ0n) is 13.5. The van der Waals surface area contributed by atoms with Gasteiger partial charge in [0.15, 0.2) is 11.2 Å². The van der Waals surface area contributed by atoms with Crippen LogP contribution in [-0.4, -0.2) is 32.7 Å². The minimum Gasteiger partial charge on any atom is -0.374 e. The quantitative estimate of drug-likeness (QED) is 0.363. The summed E-state index contributed by atoms with van der Waals surface area (Å²) >= 11 is 10.9. The van der Waals surface area contributed by atoms with Gasteiger partial charge in [0.2, 0.25) is 0 Å². The summed E-state index contributed by atoms with van der Waals surface area (Å²) in [5.74, 6) is -0.577. The van der Waals surface area contributed by atoms with E-state index in [2.05, 4.69) is 15.3 Å². The maximum atomic E-state index is 12.6. The van der Waals surface area contributed by atoms with Crippen molar-refractivity contribution in [2.75, 3.05) is 0 Å². The highest BCUT2D eigenvalue weighted by molar-refractivity contribution is 7.80. The van der Waals surface area contributed by atoms with Crippen molar-refractivity contribution in [2.45, 2.75) is 6.04 Å². The molecular weight excluding hydrogens is 392 g/mol. The number of thiocarbonyl (C=S) groups is 1. The minimum absolute atomic E-state index is 0.0934. The Balaban J connectivity index is 1.98. The van der Waals surface area contributed by atoms with Gasteiger partial charge in [-0.05, 0) is 36.5 Å². The molecule has 1 aliphatic heterocycles. The van der Waals surface area contributed by atoms with Crippen LogP contribution in [0.4, 0.5) is 11.4 Å². The van der Waals surface area contributed by atoms with E-state index in [1.165, 1.54) is 24.3 Å². The number of hydrazone groups is 1. The Bertz CT molecular complexity index is 992. The highest BCUT2D eigenvalue weighted by Gasteiger charge is 2.38. The zero-order chi connectivity index (χ0) is 19.6. The molecule has 11 heteroatoms. The molecule has 0 fully saturated rings. The van der Waals surface area contributed by atoms with Crippen molar-refractivity contribution in [3.8, 4) is 0 Å². The van der Waals surface area contributed by atoms with Crippen LogP contribution in [0.15, 0.2) is 63.9 Å². The average molecular weight is 403 g/mol. The summed E-state index contributed by atoms with van der Waals surface area (Å²) in [5.41, 5.74) is 6.49. The summed E-state index contributed by atoms with van der Waals surface area (Å²) in [6, 6.07) is 11.2. The van der Waals surface area contributed by atoms with Crippen LogP contribution < -0.4 is 5.73 Å². The van der Waals surface area contributed by atoms with Gasteiger partial charge in [-0.3, -0.25) is 14.9 Å². The summed E-state index contributed by atoms with van der Waals surface area (Å²) in [4.78, 5) is 22.9. The molecule has 2 N–H and O–H groups in total. The van der Waals surface area contributed by atoms with E-state index >= 15 is 0 Å². The van der Waals surface area contributed by atoms with Crippen LogP contribution >= 0.6 is 23.8 Å². The van der Waals surface area contributed by atoms with E-state index in [1.54, 1.807) is 24.3 Å². The lowest BCUT2D eigenvalue weighted by atomic mass is 10.0. The van der Waals surface area contributed by atoms with Crippen molar-refractivity contribution in [3.63, 3.8) is 0 Å². The van der Waals surface area contributed by atoms with Crippen LogP contribution in [0, 0.1) is 10.1 Å². The predicted molar refractivity (Wildman–Crippen MR) is 103 cm³/mol. The van der Waals surface area contributed by atoms with Gasteiger partial charge >= 0.3 is 0 Å². The van der Waals surface area contributed by atoms with Crippen LogP contribution in [0.2, 0.25) is 5.02 Å². The Labute approximate surface area is 163 Å². The molecule has 9 nitrogen and oxygen atoms in total. The predicted octanol–water partition coefficient (Wildman–Crippen LogP) is 3.19. The number of amides is 1. The number of benzene rings is 2. The lowest BCUT2D eigenvalue weighted by Crippen LogP contribution is -2.37. The molecule has 0 aliphatic carbocycles. The van der Waals surface area contributed by atoms with Crippen LogP contribution in [0.5, 0.6) is 0 Å². The number of non-ortho nitro benzene ring substituents is 1. The number of halogens is 1. The van der Waals surface area contributed by atoms with Gasteiger partial charge in [-0.1, -0.05) is 23.7 Å². The van der Waals surface area contributed by atoms with Gasteiger partial charge in [0, 0.05) is 17.7 Å². The van der Waals surface area contributed by atoms with Gasteiger partial charge in [0.25, 0.3) is 11.6 Å². The minimum atomic E-state index is -1.11. The molecule has 1 amide bonds. The summed E-state index contributed by atoms with van der Waals surface area (Å²) in [6.07, 6.45) is 0. The van der Waals surface area contributed by atoms with Gasteiger partial charge in [0.1, 0.15) is 11.4 Å². The van der Waals surface area contributed by atoms with Crippen molar-refractivity contribution in [3.05, 3.63) is 69.2 Å². The van der Waals surface area contributed by atoms with E-state index < -0.39 is 16.9 Å². The van der Waals surface area contributed by atoms with Crippen molar-refractivity contribution < 1.29 is 9.72 Å². The van der Waals surface area contributed by atoms with Crippen LogP contribution in [0.1, 0.15) is 5.56 Å². The number of nitrogens with two attached hydrogens (primary N) is 1. The first-order chi connectivity index (χ1) is 12.9. The molecule has 27 heavy (non-hydrogen) atoms. The first-order valence-electron chi connectivity index (χ1n) is 7.50. The fourth-order valence-electron chi connectivity index (χ4n) is 2.33. The number of hydrogen-bond donors (Lipinski definition) is 1. The molecule has 136 valence electrons. The number of carbonyl (C=O) groups is 1. The van der Waals surface area contributed by atoms with Crippen LogP contribution in [-0.2, 0) is 4.79 Å². The van der Waals surface area contributed by atoms with Crippen molar-refractivity contribution in [1.29, 1.82) is 0 Å². The molecule has 0 unspecified atom stereocenters. The number of carbonyl (C=O) groups excluding carboxylic acids is 1. The van der Waals surface area contributed by atoms with Crippen molar-refractivity contribution in [1.82, 2.24) is 5.01 Å². The maximum Gasteiger partial charge on any atom is 0.282 e. The number of hydrogen-bond acceptors (Lipinski definition) is 7. The number of rotatable bonds is 4. The van der Waals surface area contributed by atoms with Crippen LogP contribution in [0.3, 0.4) is 0 Å². The van der Waals surface area contributed by atoms with Crippen molar-refractivity contribution in [2.24, 2.45) is 21.1 Å². The average Bonchev–Trinajstić information content (AvgIpc) is 2.98. The van der Waals surface area contributed by atoms with Crippen LogP contribution in [0.25, 0.3) is 0 Å². The molecule has 0 saturated heterocycles.